The molecule has 0 radical (unpaired) electrons. The first kappa shape index (κ1) is 12.2. The van der Waals surface area contributed by atoms with Crippen molar-refractivity contribution in [2.24, 2.45) is 0 Å². The molecule has 1 rings (SSSR count). The molecule has 0 spiro atoms. The van der Waals surface area contributed by atoms with Crippen molar-refractivity contribution in [2.75, 3.05) is 18.6 Å². The van der Waals surface area contributed by atoms with E-state index in [0.717, 1.165) is 12.1 Å². The van der Waals surface area contributed by atoms with Crippen LogP contribution < -0.4 is 5.32 Å². The zero-order valence-corrected chi connectivity index (χ0v) is 9.92. The summed E-state index contributed by atoms with van der Waals surface area (Å²) < 4.78 is 22.5. The maximum absolute atomic E-state index is 11.2. The second-order valence-electron chi connectivity index (χ2n) is 3.61. The van der Waals surface area contributed by atoms with E-state index in [1.165, 1.54) is 6.26 Å². The molecule has 0 saturated carbocycles. The first-order valence-corrected chi connectivity index (χ1v) is 7.05. The Balaban J connectivity index is 2.84. The SMILES string of the molecule is CCNC(CS(C)(=O)=O)c1ccccc1. The molecule has 3 nitrogen and oxygen atoms in total. The number of rotatable bonds is 5. The van der Waals surface area contributed by atoms with Crippen molar-refractivity contribution in [1.29, 1.82) is 0 Å². The van der Waals surface area contributed by atoms with E-state index >= 15 is 0 Å². The zero-order chi connectivity index (χ0) is 11.3. The molecule has 1 N–H and O–H groups in total. The Hall–Kier alpha value is -0.870. The van der Waals surface area contributed by atoms with Crippen molar-refractivity contribution in [2.45, 2.75) is 13.0 Å². The largest absolute Gasteiger partial charge is 0.309 e. The highest BCUT2D eigenvalue weighted by Crippen LogP contribution is 2.14. The van der Waals surface area contributed by atoms with Crippen molar-refractivity contribution in [3.05, 3.63) is 35.9 Å². The molecule has 15 heavy (non-hydrogen) atoms. The fourth-order valence-electron chi connectivity index (χ4n) is 1.51. The molecule has 0 aliphatic heterocycles. The predicted octanol–water partition coefficient (Wildman–Crippen LogP) is 1.38. The van der Waals surface area contributed by atoms with E-state index in [9.17, 15) is 8.42 Å². The van der Waals surface area contributed by atoms with Crippen molar-refractivity contribution in [1.82, 2.24) is 5.32 Å². The molecule has 84 valence electrons. The van der Waals surface area contributed by atoms with Gasteiger partial charge in [-0.15, -0.1) is 0 Å². The lowest BCUT2D eigenvalue weighted by Gasteiger charge is -2.17. The van der Waals surface area contributed by atoms with Gasteiger partial charge in [-0.2, -0.15) is 0 Å². The molecule has 0 fully saturated rings. The smallest absolute Gasteiger partial charge is 0.149 e. The van der Waals surface area contributed by atoms with Gasteiger partial charge >= 0.3 is 0 Å². The lowest BCUT2D eigenvalue weighted by atomic mass is 10.1. The van der Waals surface area contributed by atoms with Crippen LogP contribution in [0.4, 0.5) is 0 Å². The van der Waals surface area contributed by atoms with E-state index in [1.807, 2.05) is 37.3 Å². The Morgan fingerprint density at radius 1 is 1.27 bits per heavy atom. The summed E-state index contributed by atoms with van der Waals surface area (Å²) in [5, 5.41) is 3.18. The van der Waals surface area contributed by atoms with Crippen LogP contribution in [0.1, 0.15) is 18.5 Å². The minimum Gasteiger partial charge on any atom is -0.309 e. The number of hydrogen-bond acceptors (Lipinski definition) is 3. The van der Waals surface area contributed by atoms with Crippen LogP contribution in [-0.2, 0) is 9.84 Å². The topological polar surface area (TPSA) is 46.2 Å². The van der Waals surface area contributed by atoms with Crippen molar-refractivity contribution in [3.63, 3.8) is 0 Å². The lowest BCUT2D eigenvalue weighted by molar-refractivity contribution is 0.563. The third kappa shape index (κ3) is 4.44. The number of sulfone groups is 1. The van der Waals surface area contributed by atoms with Gasteiger partial charge in [0.25, 0.3) is 0 Å². The van der Waals surface area contributed by atoms with Crippen LogP contribution in [0.15, 0.2) is 30.3 Å². The number of hydrogen-bond donors (Lipinski definition) is 1. The van der Waals surface area contributed by atoms with Gasteiger partial charge in [-0.1, -0.05) is 37.3 Å². The summed E-state index contributed by atoms with van der Waals surface area (Å²) in [4.78, 5) is 0. The van der Waals surface area contributed by atoms with Crippen molar-refractivity contribution >= 4 is 9.84 Å². The summed E-state index contributed by atoms with van der Waals surface area (Å²) in [6, 6.07) is 9.54. The van der Waals surface area contributed by atoms with Crippen LogP contribution in [0.2, 0.25) is 0 Å². The molecule has 0 saturated heterocycles. The molecule has 0 heterocycles. The van der Waals surface area contributed by atoms with Gasteiger partial charge in [-0.25, -0.2) is 8.42 Å². The van der Waals surface area contributed by atoms with Crippen LogP contribution in [0.5, 0.6) is 0 Å². The second-order valence-corrected chi connectivity index (χ2v) is 5.80. The molecule has 1 unspecified atom stereocenters. The lowest BCUT2D eigenvalue weighted by Crippen LogP contribution is -2.27. The Morgan fingerprint density at radius 3 is 2.33 bits per heavy atom. The third-order valence-electron chi connectivity index (χ3n) is 2.12. The van der Waals surface area contributed by atoms with Crippen LogP contribution >= 0.6 is 0 Å². The molecule has 0 aliphatic rings. The molecular weight excluding hydrogens is 210 g/mol. The summed E-state index contributed by atoms with van der Waals surface area (Å²) in [6.45, 7) is 2.73. The first-order chi connectivity index (χ1) is 7.03. The standard InChI is InChI=1S/C11H17NO2S/c1-3-12-11(9-15(2,13)14)10-7-5-4-6-8-10/h4-8,11-12H,3,9H2,1-2H3. The Labute approximate surface area is 91.4 Å². The fourth-order valence-corrected chi connectivity index (χ4v) is 2.42. The van der Waals surface area contributed by atoms with Gasteiger partial charge in [0.15, 0.2) is 0 Å². The highest BCUT2D eigenvalue weighted by atomic mass is 32.2. The minimum absolute atomic E-state index is 0.105. The summed E-state index contributed by atoms with van der Waals surface area (Å²) in [6.07, 6.45) is 1.26. The fraction of sp³-hybridized carbons (Fsp3) is 0.455. The Kier molecular flexibility index (Phi) is 4.29. The number of nitrogens with one attached hydrogen (secondary N) is 1. The molecule has 0 amide bonds. The monoisotopic (exact) mass is 227 g/mol. The quantitative estimate of drug-likeness (QED) is 0.826. The van der Waals surface area contributed by atoms with Gasteiger partial charge in [0.2, 0.25) is 0 Å². The highest BCUT2D eigenvalue weighted by molar-refractivity contribution is 7.90. The summed E-state index contributed by atoms with van der Waals surface area (Å²) in [5.74, 6) is 0.144. The molecule has 0 aromatic heterocycles. The molecule has 1 aromatic carbocycles. The van der Waals surface area contributed by atoms with Crippen molar-refractivity contribution < 1.29 is 8.42 Å². The van der Waals surface area contributed by atoms with Gasteiger partial charge in [0, 0.05) is 12.3 Å². The molecular formula is C11H17NO2S. The zero-order valence-electron chi connectivity index (χ0n) is 9.10. The van der Waals surface area contributed by atoms with Gasteiger partial charge in [-0.05, 0) is 12.1 Å². The molecule has 1 atom stereocenters. The van der Waals surface area contributed by atoms with E-state index in [0.29, 0.717) is 0 Å². The van der Waals surface area contributed by atoms with E-state index in [4.69, 9.17) is 0 Å². The van der Waals surface area contributed by atoms with E-state index in [1.54, 1.807) is 0 Å². The van der Waals surface area contributed by atoms with Crippen molar-refractivity contribution in [3.8, 4) is 0 Å². The molecule has 0 bridgehead atoms. The molecule has 1 aromatic rings. The summed E-state index contributed by atoms with van der Waals surface area (Å²) in [5.41, 5.74) is 1.02. The average Bonchev–Trinajstić information content (AvgIpc) is 2.17. The average molecular weight is 227 g/mol. The Morgan fingerprint density at radius 2 is 1.87 bits per heavy atom. The van der Waals surface area contributed by atoms with E-state index in [2.05, 4.69) is 5.32 Å². The third-order valence-corrected chi connectivity index (χ3v) is 3.06. The van der Waals surface area contributed by atoms with E-state index in [-0.39, 0.29) is 11.8 Å². The van der Waals surface area contributed by atoms with Gasteiger partial charge in [0.1, 0.15) is 9.84 Å². The first-order valence-electron chi connectivity index (χ1n) is 4.99. The maximum Gasteiger partial charge on any atom is 0.149 e. The normalized spacial score (nSPS) is 13.7. The summed E-state index contributed by atoms with van der Waals surface area (Å²) in [7, 11) is -2.96. The minimum atomic E-state index is -2.96. The predicted molar refractivity (Wildman–Crippen MR) is 62.6 cm³/mol. The Bertz CT molecular complexity index is 386. The summed E-state index contributed by atoms with van der Waals surface area (Å²) >= 11 is 0. The maximum atomic E-state index is 11.2. The van der Waals surface area contributed by atoms with Gasteiger partial charge < -0.3 is 5.32 Å². The second kappa shape index (κ2) is 5.28. The highest BCUT2D eigenvalue weighted by Gasteiger charge is 2.15. The van der Waals surface area contributed by atoms with E-state index < -0.39 is 9.84 Å². The van der Waals surface area contributed by atoms with Gasteiger partial charge in [-0.3, -0.25) is 0 Å². The van der Waals surface area contributed by atoms with Crippen LogP contribution in [-0.4, -0.2) is 27.0 Å². The van der Waals surface area contributed by atoms with Crippen LogP contribution in [0.25, 0.3) is 0 Å². The van der Waals surface area contributed by atoms with Crippen LogP contribution in [0, 0.1) is 0 Å². The van der Waals surface area contributed by atoms with Gasteiger partial charge in [0.05, 0.1) is 5.75 Å². The molecule has 0 aliphatic carbocycles. The van der Waals surface area contributed by atoms with Crippen LogP contribution in [0.3, 0.4) is 0 Å². The molecule has 4 heteroatoms. The number of benzene rings is 1.